The molecule has 0 spiro atoms. The van der Waals surface area contributed by atoms with Gasteiger partial charge in [-0.05, 0) is 57.3 Å². The van der Waals surface area contributed by atoms with Crippen LogP contribution < -0.4 is 10.6 Å². The molecule has 1 fully saturated rings. The summed E-state index contributed by atoms with van der Waals surface area (Å²) in [4.78, 5) is 7.29. The van der Waals surface area contributed by atoms with E-state index in [2.05, 4.69) is 58.5 Å². The van der Waals surface area contributed by atoms with Gasteiger partial charge in [0.05, 0.1) is 0 Å². The average molecular weight is 447 g/mol. The van der Waals surface area contributed by atoms with Crippen molar-refractivity contribution >= 4 is 29.9 Å². The molecule has 6 heteroatoms. The normalized spacial score (nSPS) is 18.9. The number of nitrogens with one attached hydrogen (secondary N) is 2. The van der Waals surface area contributed by atoms with Gasteiger partial charge in [-0.25, -0.2) is 0 Å². The van der Waals surface area contributed by atoms with Crippen molar-refractivity contribution in [3.05, 3.63) is 24.5 Å². The van der Waals surface area contributed by atoms with Crippen molar-refractivity contribution in [3.63, 3.8) is 0 Å². The van der Waals surface area contributed by atoms with Crippen LogP contribution in [0.15, 0.2) is 29.5 Å². The van der Waals surface area contributed by atoms with Gasteiger partial charge in [-0.3, -0.25) is 4.99 Å². The molecule has 0 aliphatic carbocycles. The summed E-state index contributed by atoms with van der Waals surface area (Å²) in [5.41, 5.74) is 0. The maximum Gasteiger partial charge on any atom is 0.191 e. The van der Waals surface area contributed by atoms with E-state index in [1.54, 1.807) is 0 Å². The summed E-state index contributed by atoms with van der Waals surface area (Å²) in [6.07, 6.45) is 8.07. The number of piperidine rings is 1. The number of guanidine groups is 1. The number of nitrogens with zero attached hydrogens (tertiary/aromatic N) is 3. The first-order chi connectivity index (χ1) is 11.3. The Bertz CT molecular complexity index is 446. The van der Waals surface area contributed by atoms with E-state index in [-0.39, 0.29) is 24.0 Å². The van der Waals surface area contributed by atoms with Crippen LogP contribution >= 0.6 is 24.0 Å². The fraction of sp³-hybridized carbons (Fsp3) is 0.722. The van der Waals surface area contributed by atoms with Crippen LogP contribution in [-0.2, 0) is 6.54 Å². The average Bonchev–Trinajstić information content (AvgIpc) is 3.05. The van der Waals surface area contributed by atoms with Gasteiger partial charge in [0, 0.05) is 45.1 Å². The minimum atomic E-state index is 0. The number of hydrogen-bond acceptors (Lipinski definition) is 2. The Morgan fingerprint density at radius 2 is 2.00 bits per heavy atom. The number of aliphatic imine (C=N–C) groups is 1. The number of likely N-dealkylation sites (tertiary alicyclic amines) is 1. The van der Waals surface area contributed by atoms with Crippen molar-refractivity contribution in [1.82, 2.24) is 20.1 Å². The van der Waals surface area contributed by atoms with E-state index in [1.165, 1.54) is 32.5 Å². The first-order valence-electron chi connectivity index (χ1n) is 9.13. The Morgan fingerprint density at radius 1 is 1.21 bits per heavy atom. The second-order valence-electron chi connectivity index (χ2n) is 6.51. The summed E-state index contributed by atoms with van der Waals surface area (Å²) >= 11 is 0. The standard InChI is InChI=1S/C18H33N5.HI/c1-3-19-18(21-10-15-22-11-4-5-12-22)20-9-7-14-23-13-6-8-17(2)16-23;/h4-5,11-12,17H,3,6-10,13-16H2,1-2H3,(H2,19,20,21);1H. The third-order valence-corrected chi connectivity index (χ3v) is 4.32. The van der Waals surface area contributed by atoms with Crippen molar-refractivity contribution in [2.45, 2.75) is 39.7 Å². The molecule has 138 valence electrons. The molecular weight excluding hydrogens is 413 g/mol. The maximum absolute atomic E-state index is 4.69. The topological polar surface area (TPSA) is 44.6 Å². The van der Waals surface area contributed by atoms with Crippen LogP contribution in [0.2, 0.25) is 0 Å². The molecule has 1 saturated heterocycles. The van der Waals surface area contributed by atoms with Crippen molar-refractivity contribution in [2.24, 2.45) is 10.9 Å². The van der Waals surface area contributed by atoms with E-state index >= 15 is 0 Å². The van der Waals surface area contributed by atoms with Gasteiger partial charge in [-0.2, -0.15) is 0 Å². The lowest BCUT2D eigenvalue weighted by molar-refractivity contribution is 0.183. The van der Waals surface area contributed by atoms with Gasteiger partial charge in [0.2, 0.25) is 0 Å². The molecule has 2 N–H and O–H groups in total. The second kappa shape index (κ2) is 12.6. The first kappa shape index (κ1) is 21.3. The Morgan fingerprint density at radius 3 is 2.71 bits per heavy atom. The highest BCUT2D eigenvalue weighted by Gasteiger charge is 2.15. The van der Waals surface area contributed by atoms with Gasteiger partial charge in [0.1, 0.15) is 0 Å². The molecule has 0 saturated carbocycles. The van der Waals surface area contributed by atoms with E-state index in [0.29, 0.717) is 0 Å². The summed E-state index contributed by atoms with van der Waals surface area (Å²) in [6, 6.07) is 4.11. The quantitative estimate of drug-likeness (QED) is 0.279. The van der Waals surface area contributed by atoms with Gasteiger partial charge in [-0.15, -0.1) is 24.0 Å². The summed E-state index contributed by atoms with van der Waals surface area (Å²) < 4.78 is 2.17. The fourth-order valence-electron chi connectivity index (χ4n) is 3.14. The third-order valence-electron chi connectivity index (χ3n) is 4.32. The van der Waals surface area contributed by atoms with Crippen LogP contribution in [-0.4, -0.2) is 54.7 Å². The van der Waals surface area contributed by atoms with E-state index in [4.69, 9.17) is 4.99 Å². The SMILES string of the molecule is CCNC(=NCCCN1CCCC(C)C1)NCCn1cccc1.I. The molecule has 1 aliphatic rings. The lowest BCUT2D eigenvalue weighted by atomic mass is 10.0. The van der Waals surface area contributed by atoms with Crippen LogP contribution in [0.1, 0.15) is 33.1 Å². The second-order valence-corrected chi connectivity index (χ2v) is 6.51. The van der Waals surface area contributed by atoms with Crippen molar-refractivity contribution < 1.29 is 0 Å². The maximum atomic E-state index is 4.69. The largest absolute Gasteiger partial charge is 0.357 e. The minimum Gasteiger partial charge on any atom is -0.357 e. The highest BCUT2D eigenvalue weighted by molar-refractivity contribution is 14.0. The third kappa shape index (κ3) is 8.37. The highest BCUT2D eigenvalue weighted by Crippen LogP contribution is 2.15. The summed E-state index contributed by atoms with van der Waals surface area (Å²) in [7, 11) is 0. The number of rotatable bonds is 8. The molecule has 2 heterocycles. The predicted molar refractivity (Wildman–Crippen MR) is 113 cm³/mol. The molecule has 1 aromatic rings. The van der Waals surface area contributed by atoms with Gasteiger partial charge >= 0.3 is 0 Å². The molecule has 24 heavy (non-hydrogen) atoms. The molecular formula is C18H34IN5. The van der Waals surface area contributed by atoms with E-state index in [9.17, 15) is 0 Å². The molecule has 1 unspecified atom stereocenters. The van der Waals surface area contributed by atoms with Gasteiger partial charge in [0.15, 0.2) is 5.96 Å². The zero-order chi connectivity index (χ0) is 16.3. The van der Waals surface area contributed by atoms with Crippen LogP contribution in [0.25, 0.3) is 0 Å². The highest BCUT2D eigenvalue weighted by atomic mass is 127. The van der Waals surface area contributed by atoms with Gasteiger partial charge in [-0.1, -0.05) is 6.92 Å². The Hall–Kier alpha value is -0.760. The molecule has 1 aliphatic heterocycles. The predicted octanol–water partition coefficient (Wildman–Crippen LogP) is 2.78. The van der Waals surface area contributed by atoms with Crippen LogP contribution in [0, 0.1) is 5.92 Å². The Balaban J connectivity index is 0.00000288. The van der Waals surface area contributed by atoms with Crippen molar-refractivity contribution in [3.8, 4) is 0 Å². The van der Waals surface area contributed by atoms with Gasteiger partial charge < -0.3 is 20.1 Å². The van der Waals surface area contributed by atoms with Gasteiger partial charge in [0.25, 0.3) is 0 Å². The lowest BCUT2D eigenvalue weighted by Gasteiger charge is -2.30. The summed E-state index contributed by atoms with van der Waals surface area (Å²) in [5, 5.41) is 6.73. The zero-order valence-corrected chi connectivity index (χ0v) is 17.5. The van der Waals surface area contributed by atoms with E-state index < -0.39 is 0 Å². The molecule has 0 aromatic carbocycles. The molecule has 1 atom stereocenters. The monoisotopic (exact) mass is 447 g/mol. The molecule has 0 amide bonds. The molecule has 0 radical (unpaired) electrons. The zero-order valence-electron chi connectivity index (χ0n) is 15.2. The van der Waals surface area contributed by atoms with Crippen molar-refractivity contribution in [1.29, 1.82) is 0 Å². The van der Waals surface area contributed by atoms with Crippen LogP contribution in [0.3, 0.4) is 0 Å². The lowest BCUT2D eigenvalue weighted by Crippen LogP contribution is -2.39. The van der Waals surface area contributed by atoms with Crippen molar-refractivity contribution in [2.75, 3.05) is 39.3 Å². The smallest absolute Gasteiger partial charge is 0.191 e. The number of halogens is 1. The number of hydrogen-bond donors (Lipinski definition) is 2. The van der Waals surface area contributed by atoms with Crippen LogP contribution in [0.4, 0.5) is 0 Å². The summed E-state index contributed by atoms with van der Waals surface area (Å²) in [6.45, 7) is 11.8. The fourth-order valence-corrected chi connectivity index (χ4v) is 3.14. The molecule has 5 nitrogen and oxygen atoms in total. The Labute approximate surface area is 164 Å². The number of aromatic nitrogens is 1. The molecule has 2 rings (SSSR count). The van der Waals surface area contributed by atoms with E-state index in [1.807, 2.05) is 0 Å². The van der Waals surface area contributed by atoms with Crippen LogP contribution in [0.5, 0.6) is 0 Å². The molecule has 1 aromatic heterocycles. The molecule has 0 bridgehead atoms. The Kier molecular flexibility index (Phi) is 11.2. The first-order valence-corrected chi connectivity index (χ1v) is 9.13. The van der Waals surface area contributed by atoms with E-state index in [0.717, 1.165) is 44.5 Å². The summed E-state index contributed by atoms with van der Waals surface area (Å²) in [5.74, 6) is 1.80. The minimum absolute atomic E-state index is 0.